The fraction of sp³-hybridized carbons (Fsp3) is 0.364. The van der Waals surface area contributed by atoms with E-state index in [0.29, 0.717) is 29.1 Å². The Morgan fingerprint density at radius 3 is 2.62 bits per heavy atom. The molecule has 0 spiro atoms. The van der Waals surface area contributed by atoms with Crippen LogP contribution < -0.4 is 5.73 Å². The van der Waals surface area contributed by atoms with Crippen LogP contribution >= 0.6 is 23.2 Å². The van der Waals surface area contributed by atoms with Crippen LogP contribution in [-0.4, -0.2) is 24.5 Å². The lowest BCUT2D eigenvalue weighted by molar-refractivity contribution is 0.492. The van der Waals surface area contributed by atoms with E-state index < -0.39 is 0 Å². The monoisotopic (exact) mass is 259 g/mol. The smallest absolute Gasteiger partial charge is 0.191 e. The van der Waals surface area contributed by atoms with Gasteiger partial charge in [-0.25, -0.2) is 0 Å². The van der Waals surface area contributed by atoms with Gasteiger partial charge in [0.15, 0.2) is 5.96 Å². The summed E-state index contributed by atoms with van der Waals surface area (Å²) < 4.78 is 0. The summed E-state index contributed by atoms with van der Waals surface area (Å²) in [6.07, 6.45) is 0. The third-order valence-corrected chi connectivity index (χ3v) is 2.85. The number of hydrogen-bond acceptors (Lipinski definition) is 1. The average Bonchev–Trinajstić information content (AvgIpc) is 2.24. The average molecular weight is 260 g/mol. The van der Waals surface area contributed by atoms with Crippen LogP contribution in [0.25, 0.3) is 0 Å². The van der Waals surface area contributed by atoms with Crippen LogP contribution in [0.15, 0.2) is 23.2 Å². The molecule has 0 aliphatic rings. The van der Waals surface area contributed by atoms with Gasteiger partial charge < -0.3 is 10.6 Å². The molecular formula is C11H15Cl2N3. The quantitative estimate of drug-likeness (QED) is 0.670. The van der Waals surface area contributed by atoms with Crippen molar-refractivity contribution in [2.24, 2.45) is 10.7 Å². The SMILES string of the molecule is CCN=C(N)N(C)Cc1ccc(Cl)c(Cl)c1. The van der Waals surface area contributed by atoms with E-state index in [-0.39, 0.29) is 0 Å². The van der Waals surface area contributed by atoms with Gasteiger partial charge in [-0.3, -0.25) is 4.99 Å². The van der Waals surface area contributed by atoms with Gasteiger partial charge in [0.25, 0.3) is 0 Å². The zero-order valence-electron chi connectivity index (χ0n) is 9.37. The number of rotatable bonds is 3. The molecule has 0 radical (unpaired) electrons. The molecule has 0 fully saturated rings. The molecule has 0 aromatic heterocycles. The van der Waals surface area contributed by atoms with Gasteiger partial charge in [-0.2, -0.15) is 0 Å². The van der Waals surface area contributed by atoms with Gasteiger partial charge in [0, 0.05) is 20.1 Å². The van der Waals surface area contributed by atoms with Gasteiger partial charge >= 0.3 is 0 Å². The Labute approximate surface area is 106 Å². The van der Waals surface area contributed by atoms with Crippen molar-refractivity contribution < 1.29 is 0 Å². The van der Waals surface area contributed by atoms with Gasteiger partial charge in [-0.05, 0) is 24.6 Å². The van der Waals surface area contributed by atoms with Crippen molar-refractivity contribution in [2.45, 2.75) is 13.5 Å². The molecule has 0 unspecified atom stereocenters. The van der Waals surface area contributed by atoms with E-state index in [1.165, 1.54) is 0 Å². The normalized spacial score (nSPS) is 11.6. The van der Waals surface area contributed by atoms with Crippen molar-refractivity contribution in [1.29, 1.82) is 0 Å². The molecule has 1 aromatic carbocycles. The summed E-state index contributed by atoms with van der Waals surface area (Å²) in [5.74, 6) is 0.522. The maximum Gasteiger partial charge on any atom is 0.191 e. The molecule has 0 saturated carbocycles. The zero-order chi connectivity index (χ0) is 12.1. The van der Waals surface area contributed by atoms with Crippen molar-refractivity contribution in [2.75, 3.05) is 13.6 Å². The third-order valence-electron chi connectivity index (χ3n) is 2.11. The Hall–Kier alpha value is -0.930. The van der Waals surface area contributed by atoms with Crippen LogP contribution in [0.2, 0.25) is 10.0 Å². The first-order valence-corrected chi connectivity index (χ1v) is 5.75. The minimum Gasteiger partial charge on any atom is -0.370 e. The predicted octanol–water partition coefficient (Wildman–Crippen LogP) is 2.76. The van der Waals surface area contributed by atoms with Crippen LogP contribution in [0.1, 0.15) is 12.5 Å². The molecule has 0 aliphatic heterocycles. The summed E-state index contributed by atoms with van der Waals surface area (Å²) in [6, 6.07) is 5.53. The molecule has 0 amide bonds. The highest BCUT2D eigenvalue weighted by Crippen LogP contribution is 2.22. The summed E-state index contributed by atoms with van der Waals surface area (Å²) in [6.45, 7) is 3.28. The first kappa shape index (κ1) is 13.1. The summed E-state index contributed by atoms with van der Waals surface area (Å²) in [5, 5.41) is 1.11. The van der Waals surface area contributed by atoms with Gasteiger partial charge in [0.05, 0.1) is 10.0 Å². The molecule has 0 aliphatic carbocycles. The van der Waals surface area contributed by atoms with Crippen LogP contribution in [0, 0.1) is 0 Å². The van der Waals surface area contributed by atoms with Gasteiger partial charge in [-0.1, -0.05) is 29.3 Å². The van der Waals surface area contributed by atoms with Crippen LogP contribution in [-0.2, 0) is 6.54 Å². The topological polar surface area (TPSA) is 41.6 Å². The molecule has 0 bridgehead atoms. The molecular weight excluding hydrogens is 245 g/mol. The first-order chi connectivity index (χ1) is 7.54. The summed E-state index contributed by atoms with van der Waals surface area (Å²) in [4.78, 5) is 5.99. The molecule has 0 heterocycles. The Morgan fingerprint density at radius 2 is 2.06 bits per heavy atom. The molecule has 0 saturated heterocycles. The van der Waals surface area contributed by atoms with Gasteiger partial charge in [0.2, 0.25) is 0 Å². The zero-order valence-corrected chi connectivity index (χ0v) is 10.9. The predicted molar refractivity (Wildman–Crippen MR) is 70.1 cm³/mol. The third kappa shape index (κ3) is 3.58. The van der Waals surface area contributed by atoms with E-state index in [2.05, 4.69) is 4.99 Å². The van der Waals surface area contributed by atoms with Crippen molar-refractivity contribution in [3.63, 3.8) is 0 Å². The number of nitrogens with two attached hydrogens (primary N) is 1. The minimum atomic E-state index is 0.522. The molecule has 1 aromatic rings. The molecule has 0 atom stereocenters. The number of guanidine groups is 1. The van der Waals surface area contributed by atoms with E-state index in [4.69, 9.17) is 28.9 Å². The molecule has 16 heavy (non-hydrogen) atoms. The molecule has 3 nitrogen and oxygen atoms in total. The van der Waals surface area contributed by atoms with E-state index in [1.54, 1.807) is 6.07 Å². The second-order valence-electron chi connectivity index (χ2n) is 3.44. The summed E-state index contributed by atoms with van der Waals surface area (Å²) in [7, 11) is 1.89. The molecule has 2 N–H and O–H groups in total. The number of hydrogen-bond donors (Lipinski definition) is 1. The highest BCUT2D eigenvalue weighted by molar-refractivity contribution is 6.42. The lowest BCUT2D eigenvalue weighted by Gasteiger charge is -2.18. The number of nitrogens with zero attached hydrogens (tertiary/aromatic N) is 2. The summed E-state index contributed by atoms with van der Waals surface area (Å²) in [5.41, 5.74) is 6.81. The van der Waals surface area contributed by atoms with Gasteiger partial charge in [0.1, 0.15) is 0 Å². The highest BCUT2D eigenvalue weighted by Gasteiger charge is 2.04. The van der Waals surface area contributed by atoms with Crippen molar-refractivity contribution in [1.82, 2.24) is 4.90 Å². The number of aliphatic imine (C=N–C) groups is 1. The van der Waals surface area contributed by atoms with E-state index in [0.717, 1.165) is 5.56 Å². The maximum atomic E-state index is 5.93. The Balaban J connectivity index is 2.73. The van der Waals surface area contributed by atoms with E-state index in [9.17, 15) is 0 Å². The largest absolute Gasteiger partial charge is 0.370 e. The second-order valence-corrected chi connectivity index (χ2v) is 4.25. The number of benzene rings is 1. The Morgan fingerprint density at radius 1 is 1.38 bits per heavy atom. The van der Waals surface area contributed by atoms with Crippen LogP contribution in [0.5, 0.6) is 0 Å². The summed E-state index contributed by atoms with van der Waals surface area (Å²) >= 11 is 11.8. The fourth-order valence-corrected chi connectivity index (χ4v) is 1.60. The van der Waals surface area contributed by atoms with Crippen LogP contribution in [0.4, 0.5) is 0 Å². The van der Waals surface area contributed by atoms with Crippen molar-refractivity contribution in [3.8, 4) is 0 Å². The minimum absolute atomic E-state index is 0.522. The number of halogens is 2. The maximum absolute atomic E-state index is 5.93. The first-order valence-electron chi connectivity index (χ1n) is 4.99. The Kier molecular flexibility index (Phi) is 4.90. The van der Waals surface area contributed by atoms with E-state index in [1.807, 2.05) is 31.0 Å². The van der Waals surface area contributed by atoms with Crippen molar-refractivity contribution >= 4 is 29.2 Å². The van der Waals surface area contributed by atoms with Crippen LogP contribution in [0.3, 0.4) is 0 Å². The lowest BCUT2D eigenvalue weighted by atomic mass is 10.2. The van der Waals surface area contributed by atoms with Gasteiger partial charge in [-0.15, -0.1) is 0 Å². The highest BCUT2D eigenvalue weighted by atomic mass is 35.5. The fourth-order valence-electron chi connectivity index (χ4n) is 1.28. The molecule has 5 heteroatoms. The molecule has 1 rings (SSSR count). The second kappa shape index (κ2) is 5.97. The standard InChI is InChI=1S/C11H15Cl2N3/c1-3-15-11(14)16(2)7-8-4-5-9(12)10(13)6-8/h4-6H,3,7H2,1-2H3,(H2,14,15). The molecule has 88 valence electrons. The lowest BCUT2D eigenvalue weighted by Crippen LogP contribution is -2.33. The van der Waals surface area contributed by atoms with E-state index >= 15 is 0 Å². The Bertz CT molecular complexity index is 391. The van der Waals surface area contributed by atoms with Crippen molar-refractivity contribution in [3.05, 3.63) is 33.8 Å².